The molecule has 9 heteroatoms. The van der Waals surface area contributed by atoms with Crippen molar-refractivity contribution in [1.82, 2.24) is 19.5 Å². The Bertz CT molecular complexity index is 901. The van der Waals surface area contributed by atoms with Gasteiger partial charge in [0.25, 0.3) is 5.85 Å². The van der Waals surface area contributed by atoms with Gasteiger partial charge in [-0.15, -0.1) is 6.42 Å². The van der Waals surface area contributed by atoms with Gasteiger partial charge in [-0.05, 0) is 13.3 Å². The van der Waals surface area contributed by atoms with Crippen LogP contribution in [0.3, 0.4) is 0 Å². The summed E-state index contributed by atoms with van der Waals surface area (Å²) in [6.07, 6.45) is 11.5. The molecule has 0 spiro atoms. The van der Waals surface area contributed by atoms with E-state index in [2.05, 4.69) is 27.8 Å². The molecule has 2 aromatic heterocycles. The molecule has 0 amide bonds. The minimum Gasteiger partial charge on any atom is -0.390 e. The number of nitrogens with zero attached hydrogens (tertiary/aromatic N) is 4. The normalized spacial score (nSPS) is 28.8. The fourth-order valence-corrected chi connectivity index (χ4v) is 3.81. The van der Waals surface area contributed by atoms with Crippen molar-refractivity contribution in [3.63, 3.8) is 0 Å². The molecule has 8 nitrogen and oxygen atoms in total. The topological polar surface area (TPSA) is 103 Å². The number of aromatic nitrogens is 4. The number of aryl methyl sites for hydroxylation is 1. The molecular weight excluding hydrogens is 391 g/mol. The fraction of sp³-hybridized carbons (Fsp3) is 0.667. The van der Waals surface area contributed by atoms with Crippen molar-refractivity contribution in [2.24, 2.45) is 0 Å². The van der Waals surface area contributed by atoms with E-state index < -0.39 is 30.4 Å². The van der Waals surface area contributed by atoms with Gasteiger partial charge < -0.3 is 19.7 Å². The standard InChI is InChI=1S/C21H29FN4O4/c1-4-6-7-8-9-10-11-29-18-20(28,5-2)19(30-21(18,22)12-27)26-14-25-16-15(3)23-13-24-17(16)26/h2,13-14,18-19,27-28H,4,6-12H2,1,3H3/t18-,19+,20+,21+/m0/s1. The first kappa shape index (κ1) is 22.6. The van der Waals surface area contributed by atoms with Crippen LogP contribution >= 0.6 is 0 Å². The SMILES string of the molecule is C#C[C@]1(O)[C@H](n2cnc3c(C)ncnc32)O[C@](F)(CO)[C@H]1OCCCCCCCC. The first-order valence-electron chi connectivity index (χ1n) is 10.3. The predicted octanol–water partition coefficient (Wildman–Crippen LogP) is 2.43. The summed E-state index contributed by atoms with van der Waals surface area (Å²) in [6, 6.07) is 0. The molecule has 164 valence electrons. The molecule has 0 aromatic carbocycles. The maximum atomic E-state index is 15.5. The number of unbranched alkanes of at least 4 members (excludes halogenated alkanes) is 5. The lowest BCUT2D eigenvalue weighted by Crippen LogP contribution is -2.51. The quantitative estimate of drug-likeness (QED) is 0.449. The zero-order chi connectivity index (χ0) is 21.8. The number of ether oxygens (including phenoxy) is 2. The van der Waals surface area contributed by atoms with Crippen LogP contribution in [0.1, 0.15) is 57.4 Å². The summed E-state index contributed by atoms with van der Waals surface area (Å²) in [6.45, 7) is 3.07. The van der Waals surface area contributed by atoms with Crippen molar-refractivity contribution < 1.29 is 24.1 Å². The second kappa shape index (κ2) is 9.35. The number of alkyl halides is 1. The fourth-order valence-electron chi connectivity index (χ4n) is 3.81. The summed E-state index contributed by atoms with van der Waals surface area (Å²) in [5.74, 6) is -0.445. The highest BCUT2D eigenvalue weighted by molar-refractivity contribution is 5.72. The summed E-state index contributed by atoms with van der Waals surface area (Å²) in [7, 11) is 0. The summed E-state index contributed by atoms with van der Waals surface area (Å²) < 4.78 is 27.9. The molecule has 3 heterocycles. The minimum atomic E-state index is -2.67. The minimum absolute atomic E-state index is 0.189. The summed E-state index contributed by atoms with van der Waals surface area (Å²) in [5.41, 5.74) is -0.749. The zero-order valence-corrected chi connectivity index (χ0v) is 17.4. The van der Waals surface area contributed by atoms with Gasteiger partial charge in [0, 0.05) is 6.61 Å². The van der Waals surface area contributed by atoms with Crippen LogP contribution in [0.5, 0.6) is 0 Å². The molecule has 1 aliphatic rings. The Labute approximate surface area is 175 Å². The number of imidazole rings is 1. The van der Waals surface area contributed by atoms with Gasteiger partial charge in [0.1, 0.15) is 18.5 Å². The van der Waals surface area contributed by atoms with Gasteiger partial charge in [0.15, 0.2) is 18.0 Å². The summed E-state index contributed by atoms with van der Waals surface area (Å²) in [5, 5.41) is 20.9. The molecule has 0 unspecified atom stereocenters. The second-order valence-corrected chi connectivity index (χ2v) is 7.69. The molecule has 1 saturated heterocycles. The summed E-state index contributed by atoms with van der Waals surface area (Å²) >= 11 is 0. The van der Waals surface area contributed by atoms with E-state index in [-0.39, 0.29) is 6.61 Å². The maximum absolute atomic E-state index is 15.5. The van der Waals surface area contributed by atoms with E-state index in [1.807, 2.05) is 0 Å². The Morgan fingerprint density at radius 2 is 2.00 bits per heavy atom. The van der Waals surface area contributed by atoms with Crippen LogP contribution in [-0.2, 0) is 9.47 Å². The van der Waals surface area contributed by atoms with Crippen molar-refractivity contribution in [1.29, 1.82) is 0 Å². The lowest BCUT2D eigenvalue weighted by atomic mass is 9.93. The van der Waals surface area contributed by atoms with Crippen molar-refractivity contribution in [2.75, 3.05) is 13.2 Å². The van der Waals surface area contributed by atoms with E-state index >= 15 is 4.39 Å². The van der Waals surface area contributed by atoms with Crippen LogP contribution in [0.4, 0.5) is 4.39 Å². The Morgan fingerprint density at radius 1 is 1.27 bits per heavy atom. The second-order valence-electron chi connectivity index (χ2n) is 7.69. The lowest BCUT2D eigenvalue weighted by molar-refractivity contribution is -0.216. The molecule has 30 heavy (non-hydrogen) atoms. The van der Waals surface area contributed by atoms with Crippen molar-refractivity contribution in [3.05, 3.63) is 18.3 Å². The third-order valence-corrected chi connectivity index (χ3v) is 5.50. The van der Waals surface area contributed by atoms with Crippen molar-refractivity contribution in [3.8, 4) is 12.3 Å². The first-order valence-corrected chi connectivity index (χ1v) is 10.3. The van der Waals surface area contributed by atoms with Crippen LogP contribution in [0.15, 0.2) is 12.7 Å². The molecule has 0 bridgehead atoms. The number of aliphatic hydroxyl groups excluding tert-OH is 1. The Balaban J connectivity index is 1.81. The lowest BCUT2D eigenvalue weighted by Gasteiger charge is -2.30. The van der Waals surface area contributed by atoms with E-state index in [1.54, 1.807) is 6.92 Å². The van der Waals surface area contributed by atoms with Crippen LogP contribution in [0.2, 0.25) is 0 Å². The van der Waals surface area contributed by atoms with Gasteiger partial charge in [-0.1, -0.05) is 44.9 Å². The van der Waals surface area contributed by atoms with Crippen LogP contribution in [0.25, 0.3) is 11.2 Å². The molecule has 2 aromatic rings. The Morgan fingerprint density at radius 3 is 2.70 bits per heavy atom. The van der Waals surface area contributed by atoms with Gasteiger partial charge in [0.2, 0.25) is 5.60 Å². The number of terminal acetylenes is 1. The van der Waals surface area contributed by atoms with Gasteiger partial charge in [0.05, 0.1) is 12.0 Å². The predicted molar refractivity (Wildman–Crippen MR) is 108 cm³/mol. The van der Waals surface area contributed by atoms with Gasteiger partial charge in [-0.2, -0.15) is 0 Å². The maximum Gasteiger partial charge on any atom is 0.264 e. The monoisotopic (exact) mass is 420 g/mol. The third kappa shape index (κ3) is 4.05. The van der Waals surface area contributed by atoms with Crippen LogP contribution < -0.4 is 0 Å². The van der Waals surface area contributed by atoms with Gasteiger partial charge in [-0.3, -0.25) is 4.57 Å². The molecule has 0 radical (unpaired) electrons. The van der Waals surface area contributed by atoms with E-state index in [0.29, 0.717) is 23.3 Å². The van der Waals surface area contributed by atoms with Gasteiger partial charge >= 0.3 is 0 Å². The summed E-state index contributed by atoms with van der Waals surface area (Å²) in [4.78, 5) is 12.5. The molecule has 0 saturated carbocycles. The third-order valence-electron chi connectivity index (χ3n) is 5.50. The molecule has 1 fully saturated rings. The van der Waals surface area contributed by atoms with E-state index in [9.17, 15) is 10.2 Å². The van der Waals surface area contributed by atoms with Crippen LogP contribution in [-0.4, -0.2) is 60.5 Å². The molecule has 4 atom stereocenters. The Hall–Kier alpha value is -2.12. The highest BCUT2D eigenvalue weighted by Crippen LogP contribution is 2.47. The molecule has 0 aliphatic carbocycles. The number of aliphatic hydroxyl groups is 2. The first-order chi connectivity index (χ1) is 14.4. The molecule has 2 N–H and O–H groups in total. The van der Waals surface area contributed by atoms with Crippen LogP contribution in [0, 0.1) is 19.3 Å². The average molecular weight is 420 g/mol. The zero-order valence-electron chi connectivity index (χ0n) is 17.4. The Kier molecular flexibility index (Phi) is 7.03. The molecular formula is C21H29FN4O4. The number of rotatable bonds is 10. The van der Waals surface area contributed by atoms with E-state index in [1.165, 1.54) is 23.6 Å². The highest BCUT2D eigenvalue weighted by atomic mass is 19.2. The molecule has 3 rings (SSSR count). The smallest absolute Gasteiger partial charge is 0.264 e. The van der Waals surface area contributed by atoms with Crippen molar-refractivity contribution in [2.45, 2.75) is 76.2 Å². The number of hydrogen-bond acceptors (Lipinski definition) is 7. The molecule has 1 aliphatic heterocycles. The largest absolute Gasteiger partial charge is 0.390 e. The van der Waals surface area contributed by atoms with E-state index in [0.717, 1.165) is 25.7 Å². The number of fused-ring (bicyclic) bond motifs is 1. The number of hydrogen-bond donors (Lipinski definition) is 2. The number of halogens is 1. The van der Waals surface area contributed by atoms with Crippen molar-refractivity contribution >= 4 is 11.2 Å². The average Bonchev–Trinajstić information content (AvgIpc) is 3.27. The van der Waals surface area contributed by atoms with Gasteiger partial charge in [-0.25, -0.2) is 19.3 Å². The van der Waals surface area contributed by atoms with E-state index in [4.69, 9.17) is 15.9 Å². The highest BCUT2D eigenvalue weighted by Gasteiger charge is 2.66.